The minimum atomic E-state index is 0.0760. The SMILES string of the molecule is Cc1cccc2c3cccc(C)c3n(-c3cc(-c4ccc5c(=O)c6ccccc6[se]c5c4)cc(-c4nccs4)c3)c12. The summed E-state index contributed by atoms with van der Waals surface area (Å²) in [6.45, 7) is 4.39. The Morgan fingerprint density at radius 2 is 1.34 bits per heavy atom. The van der Waals surface area contributed by atoms with Gasteiger partial charge in [-0.05, 0) is 0 Å². The predicted octanol–water partition coefficient (Wildman–Crippen LogP) is 8.91. The molecule has 0 radical (unpaired) electrons. The molecule has 0 bridgehead atoms. The predicted molar refractivity (Wildman–Crippen MR) is 175 cm³/mol. The fourth-order valence-electron chi connectivity index (χ4n) is 6.09. The molecular formula is C36H24N2OSSe. The number of aromatic nitrogens is 2. The van der Waals surface area contributed by atoms with Crippen LogP contribution < -0.4 is 5.43 Å². The first-order chi connectivity index (χ1) is 20.1. The molecule has 0 saturated carbocycles. The second-order valence-electron chi connectivity index (χ2n) is 10.5. The number of hydrogen-bond acceptors (Lipinski definition) is 3. The summed E-state index contributed by atoms with van der Waals surface area (Å²) >= 11 is 1.73. The van der Waals surface area contributed by atoms with Crippen LogP contribution >= 0.6 is 11.3 Å². The summed E-state index contributed by atoms with van der Waals surface area (Å²) in [7, 11) is 0. The molecule has 0 saturated heterocycles. The van der Waals surface area contributed by atoms with Crippen LogP contribution in [0.15, 0.2) is 113 Å². The van der Waals surface area contributed by atoms with Gasteiger partial charge in [-0.3, -0.25) is 0 Å². The average molecular weight is 612 g/mol. The number of aryl methyl sites for hydroxylation is 2. The summed E-state index contributed by atoms with van der Waals surface area (Å²) in [5.74, 6) is 0. The first kappa shape index (κ1) is 24.5. The van der Waals surface area contributed by atoms with E-state index in [0.717, 1.165) is 46.7 Å². The van der Waals surface area contributed by atoms with Crippen molar-refractivity contribution in [3.63, 3.8) is 0 Å². The Morgan fingerprint density at radius 1 is 0.659 bits per heavy atom. The number of para-hydroxylation sites is 2. The van der Waals surface area contributed by atoms with Crippen LogP contribution in [-0.2, 0) is 0 Å². The molecule has 0 spiro atoms. The number of benzene rings is 5. The second-order valence-corrected chi connectivity index (χ2v) is 13.7. The zero-order valence-corrected chi connectivity index (χ0v) is 25.0. The van der Waals surface area contributed by atoms with Gasteiger partial charge in [0.25, 0.3) is 0 Å². The zero-order valence-electron chi connectivity index (χ0n) is 22.5. The van der Waals surface area contributed by atoms with Gasteiger partial charge in [-0.25, -0.2) is 0 Å². The number of nitrogens with zero attached hydrogens (tertiary/aromatic N) is 2. The topological polar surface area (TPSA) is 34.9 Å². The molecule has 0 aliphatic heterocycles. The normalized spacial score (nSPS) is 11.8. The summed E-state index contributed by atoms with van der Waals surface area (Å²) in [6.07, 6.45) is 1.87. The number of thiazole rings is 1. The van der Waals surface area contributed by atoms with Gasteiger partial charge in [-0.2, -0.15) is 0 Å². The monoisotopic (exact) mass is 612 g/mol. The standard InChI is InChI=1S/C36H24N2OSSe/c1-21-7-5-10-27-28-11-6-8-22(2)34(28)38(33(21)27)26-18-24(17-25(19-26)36-37-15-16-40-36)23-13-14-30-32(20-23)41-31-12-4-3-9-29(31)35(30)39/h3-20H,1-2H3. The third-order valence-corrected chi connectivity index (χ3v) is 11.2. The second kappa shape index (κ2) is 9.39. The van der Waals surface area contributed by atoms with E-state index in [2.05, 4.69) is 96.2 Å². The maximum atomic E-state index is 13.3. The maximum absolute atomic E-state index is 13.3. The molecule has 0 amide bonds. The average Bonchev–Trinajstić information content (AvgIpc) is 3.65. The Kier molecular flexibility index (Phi) is 5.61. The van der Waals surface area contributed by atoms with Gasteiger partial charge in [0.2, 0.25) is 0 Å². The molecule has 0 atom stereocenters. The first-order valence-corrected chi connectivity index (χ1v) is 16.2. The third-order valence-electron chi connectivity index (χ3n) is 7.98. The molecule has 0 aliphatic rings. The van der Waals surface area contributed by atoms with Crippen LogP contribution in [0.2, 0.25) is 0 Å². The van der Waals surface area contributed by atoms with E-state index in [1.807, 2.05) is 35.8 Å². The number of fused-ring (bicyclic) bond motifs is 5. The van der Waals surface area contributed by atoms with E-state index in [4.69, 9.17) is 0 Å². The number of hydrogen-bond donors (Lipinski definition) is 0. The Balaban J connectivity index is 1.44. The third kappa shape index (κ3) is 3.85. The first-order valence-electron chi connectivity index (χ1n) is 13.6. The fourth-order valence-corrected chi connectivity index (χ4v) is 9.05. The van der Waals surface area contributed by atoms with E-state index in [9.17, 15) is 4.79 Å². The molecule has 196 valence electrons. The van der Waals surface area contributed by atoms with Gasteiger partial charge in [-0.1, -0.05) is 0 Å². The van der Waals surface area contributed by atoms with E-state index in [1.165, 1.54) is 32.9 Å². The van der Waals surface area contributed by atoms with Crippen LogP contribution in [0.25, 0.3) is 68.5 Å². The Hall–Kier alpha value is -4.28. The van der Waals surface area contributed by atoms with Crippen molar-refractivity contribution in [2.75, 3.05) is 0 Å². The van der Waals surface area contributed by atoms with Crippen molar-refractivity contribution in [2.45, 2.75) is 13.8 Å². The zero-order chi connectivity index (χ0) is 27.7. The van der Waals surface area contributed by atoms with Gasteiger partial charge < -0.3 is 0 Å². The molecule has 3 heterocycles. The molecule has 0 unspecified atom stereocenters. The van der Waals surface area contributed by atoms with Crippen molar-refractivity contribution in [1.29, 1.82) is 0 Å². The van der Waals surface area contributed by atoms with Crippen LogP contribution in [0.3, 0.4) is 0 Å². The Morgan fingerprint density at radius 3 is 2.07 bits per heavy atom. The van der Waals surface area contributed by atoms with Crippen molar-refractivity contribution in [1.82, 2.24) is 9.55 Å². The number of rotatable bonds is 3. The summed E-state index contributed by atoms with van der Waals surface area (Å²) in [6, 6.07) is 34.3. The summed E-state index contributed by atoms with van der Waals surface area (Å²) in [5, 5.41) is 7.22. The molecule has 8 aromatic rings. The van der Waals surface area contributed by atoms with Gasteiger partial charge in [0, 0.05) is 0 Å². The minimum absolute atomic E-state index is 0.0760. The van der Waals surface area contributed by atoms with Gasteiger partial charge in [0.15, 0.2) is 0 Å². The van der Waals surface area contributed by atoms with Crippen LogP contribution in [0.4, 0.5) is 0 Å². The van der Waals surface area contributed by atoms with Crippen molar-refractivity contribution in [2.24, 2.45) is 0 Å². The van der Waals surface area contributed by atoms with E-state index < -0.39 is 0 Å². The molecule has 5 heteroatoms. The van der Waals surface area contributed by atoms with E-state index in [0.29, 0.717) is 0 Å². The molecule has 5 aromatic carbocycles. The van der Waals surface area contributed by atoms with Gasteiger partial charge in [0.1, 0.15) is 0 Å². The molecule has 41 heavy (non-hydrogen) atoms. The molecule has 3 nitrogen and oxygen atoms in total. The van der Waals surface area contributed by atoms with Crippen molar-refractivity contribution < 1.29 is 0 Å². The van der Waals surface area contributed by atoms with Crippen LogP contribution in [0.1, 0.15) is 11.1 Å². The summed E-state index contributed by atoms with van der Waals surface area (Å²) in [5.41, 5.74) is 9.52. The molecule has 0 fully saturated rings. The van der Waals surface area contributed by atoms with Crippen LogP contribution in [0, 0.1) is 13.8 Å². The summed E-state index contributed by atoms with van der Waals surface area (Å²) < 4.78 is 4.73. The van der Waals surface area contributed by atoms with Gasteiger partial charge in [0.05, 0.1) is 0 Å². The van der Waals surface area contributed by atoms with E-state index >= 15 is 0 Å². The van der Waals surface area contributed by atoms with E-state index in [-0.39, 0.29) is 19.9 Å². The molecular weight excluding hydrogens is 587 g/mol. The molecule has 3 aromatic heterocycles. The summed E-state index contributed by atoms with van der Waals surface area (Å²) in [4.78, 5) is 18.0. The molecule has 0 aliphatic carbocycles. The van der Waals surface area contributed by atoms with Crippen LogP contribution in [0.5, 0.6) is 0 Å². The van der Waals surface area contributed by atoms with Crippen molar-refractivity contribution in [3.05, 3.63) is 130 Å². The Bertz CT molecular complexity index is 2300. The van der Waals surface area contributed by atoms with Crippen molar-refractivity contribution in [3.8, 4) is 27.4 Å². The van der Waals surface area contributed by atoms with Gasteiger partial charge in [-0.15, -0.1) is 0 Å². The molecule has 0 N–H and O–H groups in total. The quantitative estimate of drug-likeness (QED) is 0.148. The molecule has 8 rings (SSSR count). The van der Waals surface area contributed by atoms with E-state index in [1.54, 1.807) is 11.3 Å². The van der Waals surface area contributed by atoms with Gasteiger partial charge >= 0.3 is 248 Å². The Labute approximate surface area is 246 Å². The van der Waals surface area contributed by atoms with Crippen molar-refractivity contribution >= 4 is 66.9 Å². The fraction of sp³-hybridized carbons (Fsp3) is 0.0556. The van der Waals surface area contributed by atoms with Crippen LogP contribution in [-0.4, -0.2) is 24.1 Å².